The molecule has 33 heavy (non-hydrogen) atoms. The van der Waals surface area contributed by atoms with Crippen LogP contribution in [-0.2, 0) is 6.54 Å². The number of aromatic nitrogens is 2. The normalized spacial score (nSPS) is 14.1. The maximum Gasteiger partial charge on any atom is 0.213 e. The standard InChI is InChI=1S/C26H29FN4OS/c1-4-5-14-31(18(2)23-8-6-7-9-24(23)27)26-29-28-25(33-26)21-12-10-20(11-13-21)15-30-16-22(17-30)19(3)32/h6-13,22,32H,2-5,14-17H2,1H3. The van der Waals surface area contributed by atoms with Gasteiger partial charge >= 0.3 is 0 Å². The number of unbranched alkanes of at least 4 members (excludes halogenated alkanes) is 1. The molecule has 4 rings (SSSR count). The SMILES string of the molecule is C=C(O)C1CN(Cc2ccc(-c3nnc(N(CCCC)C(=C)c4ccccc4F)s3)cc2)C1. The van der Waals surface area contributed by atoms with Gasteiger partial charge in [0, 0.05) is 48.9 Å². The summed E-state index contributed by atoms with van der Waals surface area (Å²) in [6.07, 6.45) is 1.95. The maximum atomic E-state index is 14.4. The van der Waals surface area contributed by atoms with Crippen molar-refractivity contribution < 1.29 is 9.50 Å². The minimum Gasteiger partial charge on any atom is -0.513 e. The van der Waals surface area contributed by atoms with Crippen LogP contribution in [0.1, 0.15) is 30.9 Å². The zero-order valence-corrected chi connectivity index (χ0v) is 19.7. The lowest BCUT2D eigenvalue weighted by Gasteiger charge is -2.38. The Morgan fingerprint density at radius 2 is 1.88 bits per heavy atom. The number of likely N-dealkylation sites (tertiary alicyclic amines) is 1. The van der Waals surface area contributed by atoms with E-state index in [1.807, 2.05) is 11.0 Å². The first-order valence-corrected chi connectivity index (χ1v) is 12.0. The molecule has 0 radical (unpaired) electrons. The van der Waals surface area contributed by atoms with E-state index in [-0.39, 0.29) is 17.5 Å². The van der Waals surface area contributed by atoms with Gasteiger partial charge in [-0.05, 0) is 24.1 Å². The van der Waals surface area contributed by atoms with E-state index < -0.39 is 0 Å². The smallest absolute Gasteiger partial charge is 0.213 e. The summed E-state index contributed by atoms with van der Waals surface area (Å²) in [5, 5.41) is 19.8. The Balaban J connectivity index is 1.47. The molecule has 1 fully saturated rings. The number of halogens is 1. The summed E-state index contributed by atoms with van der Waals surface area (Å²) in [7, 11) is 0. The van der Waals surface area contributed by atoms with Gasteiger partial charge in [-0.2, -0.15) is 0 Å². The number of hydrogen-bond donors (Lipinski definition) is 1. The quantitative estimate of drug-likeness (QED) is 0.366. The van der Waals surface area contributed by atoms with E-state index in [4.69, 9.17) is 0 Å². The highest BCUT2D eigenvalue weighted by Gasteiger charge is 2.28. The van der Waals surface area contributed by atoms with Crippen molar-refractivity contribution in [3.8, 4) is 10.6 Å². The van der Waals surface area contributed by atoms with Gasteiger partial charge in [0.1, 0.15) is 10.8 Å². The lowest BCUT2D eigenvalue weighted by atomic mass is 9.97. The number of nitrogens with zero attached hydrogens (tertiary/aromatic N) is 4. The molecular weight excluding hydrogens is 435 g/mol. The topological polar surface area (TPSA) is 52.5 Å². The first kappa shape index (κ1) is 23.1. The number of benzene rings is 2. The van der Waals surface area contributed by atoms with Gasteiger partial charge in [-0.3, -0.25) is 4.90 Å². The van der Waals surface area contributed by atoms with Crippen LogP contribution < -0.4 is 4.90 Å². The van der Waals surface area contributed by atoms with E-state index in [9.17, 15) is 9.50 Å². The Bertz CT molecular complexity index is 1120. The second-order valence-electron chi connectivity index (χ2n) is 8.40. The maximum absolute atomic E-state index is 14.4. The van der Waals surface area contributed by atoms with E-state index in [0.29, 0.717) is 22.9 Å². The number of hydrogen-bond acceptors (Lipinski definition) is 6. The fourth-order valence-electron chi connectivity index (χ4n) is 3.86. The Kier molecular flexibility index (Phi) is 7.20. The Hall–Kier alpha value is -3.03. The van der Waals surface area contributed by atoms with E-state index in [1.54, 1.807) is 12.1 Å². The van der Waals surface area contributed by atoms with E-state index >= 15 is 0 Å². The van der Waals surface area contributed by atoms with E-state index in [0.717, 1.165) is 43.0 Å². The highest BCUT2D eigenvalue weighted by Crippen LogP contribution is 2.34. The average Bonchev–Trinajstić information content (AvgIpc) is 3.26. The van der Waals surface area contributed by atoms with Crippen LogP contribution in [0.4, 0.5) is 9.52 Å². The minimum absolute atomic E-state index is 0.193. The molecule has 3 aromatic rings. The first-order chi connectivity index (χ1) is 16.0. The molecule has 0 saturated carbocycles. The molecule has 0 bridgehead atoms. The minimum atomic E-state index is -0.291. The average molecular weight is 465 g/mol. The van der Waals surface area contributed by atoms with Crippen LogP contribution >= 0.6 is 11.3 Å². The molecule has 2 heterocycles. The molecule has 1 aliphatic heterocycles. The largest absolute Gasteiger partial charge is 0.513 e. The van der Waals surface area contributed by atoms with Gasteiger partial charge in [0.2, 0.25) is 5.13 Å². The lowest BCUT2D eigenvalue weighted by Crippen LogP contribution is -2.46. The molecular formula is C26H29FN4OS. The van der Waals surface area contributed by atoms with Crippen molar-refractivity contribution in [3.05, 3.63) is 84.4 Å². The Labute approximate surface area is 198 Å². The van der Waals surface area contributed by atoms with Crippen LogP contribution in [0.15, 0.2) is 67.4 Å². The monoisotopic (exact) mass is 464 g/mol. The molecule has 1 N–H and O–H groups in total. The molecule has 172 valence electrons. The Morgan fingerprint density at radius 3 is 2.55 bits per heavy atom. The van der Waals surface area contributed by atoms with Crippen molar-refractivity contribution in [1.82, 2.24) is 15.1 Å². The molecule has 7 heteroatoms. The van der Waals surface area contributed by atoms with Crippen LogP contribution in [0.3, 0.4) is 0 Å². The van der Waals surface area contributed by atoms with Gasteiger partial charge in [-0.25, -0.2) is 4.39 Å². The number of aliphatic hydroxyl groups is 1. The van der Waals surface area contributed by atoms with Gasteiger partial charge < -0.3 is 10.0 Å². The van der Waals surface area contributed by atoms with Crippen LogP contribution in [0.2, 0.25) is 0 Å². The number of aliphatic hydroxyl groups excluding tert-OH is 1. The predicted molar refractivity (Wildman–Crippen MR) is 134 cm³/mol. The summed E-state index contributed by atoms with van der Waals surface area (Å²) >= 11 is 1.48. The highest BCUT2D eigenvalue weighted by atomic mass is 32.1. The summed E-state index contributed by atoms with van der Waals surface area (Å²) in [6, 6.07) is 15.0. The third kappa shape index (κ3) is 5.31. The van der Waals surface area contributed by atoms with Gasteiger partial charge in [-0.15, -0.1) is 10.2 Å². The lowest BCUT2D eigenvalue weighted by molar-refractivity contribution is 0.0863. The van der Waals surface area contributed by atoms with Gasteiger partial charge in [0.15, 0.2) is 0 Å². The molecule has 5 nitrogen and oxygen atoms in total. The molecule has 1 saturated heterocycles. The van der Waals surface area contributed by atoms with Crippen LogP contribution in [0, 0.1) is 11.7 Å². The molecule has 0 aliphatic carbocycles. The van der Waals surface area contributed by atoms with E-state index in [1.165, 1.54) is 23.0 Å². The third-order valence-corrected chi connectivity index (χ3v) is 6.92. The molecule has 1 aromatic heterocycles. The van der Waals surface area contributed by atoms with Crippen LogP contribution in [0.5, 0.6) is 0 Å². The molecule has 1 aliphatic rings. The van der Waals surface area contributed by atoms with Gasteiger partial charge in [-0.1, -0.05) is 74.2 Å². The Morgan fingerprint density at radius 1 is 1.15 bits per heavy atom. The van der Waals surface area contributed by atoms with Gasteiger partial charge in [0.05, 0.1) is 5.76 Å². The predicted octanol–water partition coefficient (Wildman–Crippen LogP) is 6.13. The second kappa shape index (κ2) is 10.3. The molecule has 0 amide bonds. The van der Waals surface area contributed by atoms with Gasteiger partial charge in [0.25, 0.3) is 0 Å². The number of rotatable bonds is 10. The van der Waals surface area contributed by atoms with Crippen molar-refractivity contribution in [1.29, 1.82) is 0 Å². The summed E-state index contributed by atoms with van der Waals surface area (Å²) in [5.41, 5.74) is 3.29. The molecule has 0 spiro atoms. The summed E-state index contributed by atoms with van der Waals surface area (Å²) in [6.45, 7) is 13.1. The van der Waals surface area contributed by atoms with Crippen LogP contribution in [0.25, 0.3) is 16.3 Å². The van der Waals surface area contributed by atoms with Crippen molar-refractivity contribution in [2.45, 2.75) is 26.3 Å². The summed E-state index contributed by atoms with van der Waals surface area (Å²) in [5.74, 6) is 0.180. The van der Waals surface area contributed by atoms with Crippen LogP contribution in [-0.4, -0.2) is 39.8 Å². The van der Waals surface area contributed by atoms with Crippen molar-refractivity contribution in [2.24, 2.45) is 5.92 Å². The zero-order valence-electron chi connectivity index (χ0n) is 18.9. The first-order valence-electron chi connectivity index (χ1n) is 11.2. The second-order valence-corrected chi connectivity index (χ2v) is 9.36. The van der Waals surface area contributed by atoms with E-state index in [2.05, 4.69) is 59.4 Å². The summed E-state index contributed by atoms with van der Waals surface area (Å²) < 4.78 is 14.4. The fraction of sp³-hybridized carbons (Fsp3) is 0.308. The molecule has 0 unspecified atom stereocenters. The zero-order chi connectivity index (χ0) is 23.4. The number of anilines is 1. The molecule has 0 atom stereocenters. The highest BCUT2D eigenvalue weighted by molar-refractivity contribution is 7.18. The molecule has 2 aromatic carbocycles. The van der Waals surface area contributed by atoms with Crippen molar-refractivity contribution in [2.75, 3.05) is 24.5 Å². The van der Waals surface area contributed by atoms with Crippen molar-refractivity contribution >= 4 is 22.2 Å². The third-order valence-electron chi connectivity index (χ3n) is 5.93. The fourth-order valence-corrected chi connectivity index (χ4v) is 4.77. The van der Waals surface area contributed by atoms with Crippen molar-refractivity contribution in [3.63, 3.8) is 0 Å². The summed E-state index contributed by atoms with van der Waals surface area (Å²) in [4.78, 5) is 4.25.